The Morgan fingerprint density at radius 1 is 1.26 bits per heavy atom. The van der Waals surface area contributed by atoms with Gasteiger partial charge in [0.2, 0.25) is 0 Å². The number of rotatable bonds is 5. The summed E-state index contributed by atoms with van der Waals surface area (Å²) >= 11 is 0. The largest absolute Gasteiger partial charge is 0.422 e. The number of hydrogen-bond acceptors (Lipinski definition) is 7. The lowest BCUT2D eigenvalue weighted by Crippen LogP contribution is -2.43. The van der Waals surface area contributed by atoms with Crippen LogP contribution >= 0.6 is 0 Å². The Kier molecular flexibility index (Phi) is 6.68. The summed E-state index contributed by atoms with van der Waals surface area (Å²) in [6.45, 7) is 3.30. The van der Waals surface area contributed by atoms with E-state index in [1.54, 1.807) is 0 Å². The zero-order valence-corrected chi connectivity index (χ0v) is 18.8. The van der Waals surface area contributed by atoms with Gasteiger partial charge < -0.3 is 25.1 Å². The van der Waals surface area contributed by atoms with E-state index >= 15 is 0 Å². The molecule has 2 heterocycles. The van der Waals surface area contributed by atoms with E-state index in [1.165, 1.54) is 32.3 Å². The quantitative estimate of drug-likeness (QED) is 0.552. The summed E-state index contributed by atoms with van der Waals surface area (Å²) in [4.78, 5) is 28.2. The average Bonchev–Trinajstić information content (AvgIpc) is 2.80. The standard InChI is InChI=1S/C24H24F2N4O4/c1-29(2)24(32)34-21-12-20-15(11-18(21)25)17(13-30-8-6-28-7-9-30)16(23(31)33-20)10-14-4-3-5-19(27)22(14)26/h4,11-12,28H,6-10,13,27H2,1-2H3. The molecule has 1 fully saturated rings. The molecule has 1 aromatic heterocycles. The molecule has 34 heavy (non-hydrogen) atoms. The third-order valence-corrected chi connectivity index (χ3v) is 5.67. The zero-order chi connectivity index (χ0) is 24.4. The highest BCUT2D eigenvalue weighted by Gasteiger charge is 2.23. The molecule has 0 aliphatic carbocycles. The normalized spacial score (nSPS) is 14.1. The number of amides is 1. The number of anilines is 1. The fraction of sp³-hybridized carbons (Fsp3) is 0.333. The number of fused-ring (bicyclic) bond motifs is 1. The van der Waals surface area contributed by atoms with Gasteiger partial charge >= 0.3 is 11.7 Å². The monoisotopic (exact) mass is 470 g/mol. The maximum atomic E-state index is 15.0. The second kappa shape index (κ2) is 9.67. The van der Waals surface area contributed by atoms with Crippen LogP contribution in [-0.2, 0) is 13.0 Å². The van der Waals surface area contributed by atoms with Crippen molar-refractivity contribution in [3.05, 3.63) is 69.1 Å². The molecule has 0 unspecified atom stereocenters. The number of benzene rings is 1. The smallest absolute Gasteiger partial charge is 0.414 e. The number of ether oxygens (including phenoxy) is 1. The summed E-state index contributed by atoms with van der Waals surface area (Å²) in [6, 6.07) is 8.82. The minimum atomic E-state index is -0.790. The molecule has 0 atom stereocenters. The Morgan fingerprint density at radius 2 is 2.00 bits per heavy atom. The number of nitrogen functional groups attached to an aromatic ring is 1. The van der Waals surface area contributed by atoms with Crippen molar-refractivity contribution in [1.82, 2.24) is 15.1 Å². The van der Waals surface area contributed by atoms with Gasteiger partial charge in [-0.15, -0.1) is 0 Å². The topological polar surface area (TPSA) is 101 Å². The van der Waals surface area contributed by atoms with Crippen molar-refractivity contribution < 1.29 is 22.7 Å². The van der Waals surface area contributed by atoms with Crippen molar-refractivity contribution in [2.75, 3.05) is 46.0 Å². The van der Waals surface area contributed by atoms with E-state index in [4.69, 9.17) is 14.9 Å². The Hall–Kier alpha value is -3.68. The minimum Gasteiger partial charge on any atom is -0.422 e. The summed E-state index contributed by atoms with van der Waals surface area (Å²) in [5.74, 6) is -1.84. The molecule has 1 amide bonds. The van der Waals surface area contributed by atoms with Gasteiger partial charge in [0.25, 0.3) is 0 Å². The van der Waals surface area contributed by atoms with Crippen molar-refractivity contribution in [3.63, 3.8) is 0 Å². The molecule has 1 saturated heterocycles. The fourth-order valence-corrected chi connectivity index (χ4v) is 3.83. The van der Waals surface area contributed by atoms with E-state index in [0.717, 1.165) is 31.1 Å². The number of nitrogens with two attached hydrogens (primary N) is 1. The molecule has 0 saturated carbocycles. The van der Waals surface area contributed by atoms with Crippen LogP contribution in [0.25, 0.3) is 11.0 Å². The van der Waals surface area contributed by atoms with E-state index in [-0.39, 0.29) is 34.6 Å². The van der Waals surface area contributed by atoms with Gasteiger partial charge in [-0.3, -0.25) is 4.90 Å². The van der Waals surface area contributed by atoms with Crippen LogP contribution in [0.1, 0.15) is 16.7 Å². The van der Waals surface area contributed by atoms with Crippen LogP contribution in [-0.4, -0.2) is 56.2 Å². The Morgan fingerprint density at radius 3 is 2.71 bits per heavy atom. The summed E-state index contributed by atoms with van der Waals surface area (Å²) in [5, 5.41) is 3.60. The van der Waals surface area contributed by atoms with Crippen LogP contribution in [0, 0.1) is 23.8 Å². The van der Waals surface area contributed by atoms with E-state index in [9.17, 15) is 18.4 Å². The summed E-state index contributed by atoms with van der Waals surface area (Å²) in [5.41, 5.74) is 5.65. The predicted octanol–water partition coefficient (Wildman–Crippen LogP) is 2.31. The molecular weight excluding hydrogens is 446 g/mol. The first kappa shape index (κ1) is 23.5. The molecule has 4 rings (SSSR count). The van der Waals surface area contributed by atoms with E-state index in [1.807, 2.05) is 0 Å². The highest BCUT2D eigenvalue weighted by molar-refractivity contribution is 5.84. The molecule has 8 nitrogen and oxygen atoms in total. The molecule has 10 heteroatoms. The lowest BCUT2D eigenvalue weighted by molar-refractivity contribution is 0.170. The van der Waals surface area contributed by atoms with E-state index in [2.05, 4.69) is 22.3 Å². The molecule has 178 valence electrons. The van der Waals surface area contributed by atoms with Crippen LogP contribution in [0.2, 0.25) is 0 Å². The molecule has 0 radical (unpaired) electrons. The molecule has 1 aliphatic rings. The van der Waals surface area contributed by atoms with Gasteiger partial charge in [-0.25, -0.2) is 18.4 Å². The highest BCUT2D eigenvalue weighted by Crippen LogP contribution is 2.30. The zero-order valence-electron chi connectivity index (χ0n) is 18.8. The number of piperazine rings is 1. The summed E-state index contributed by atoms with van der Waals surface area (Å²) in [7, 11) is 2.92. The number of nitrogens with zero attached hydrogens (tertiary/aromatic N) is 2. The molecule has 3 aromatic rings. The second-order valence-corrected chi connectivity index (χ2v) is 8.26. The predicted molar refractivity (Wildman–Crippen MR) is 122 cm³/mol. The van der Waals surface area contributed by atoms with Crippen LogP contribution in [0.4, 0.5) is 19.3 Å². The van der Waals surface area contributed by atoms with Crippen LogP contribution < -0.4 is 21.4 Å². The Balaban J connectivity index is 1.85. The highest BCUT2D eigenvalue weighted by atomic mass is 19.1. The number of carbonyl (C=O) groups excluding carboxylic acids is 1. The number of carbonyl (C=O) groups is 1. The molecular formula is C24H24F2N4O4. The molecule has 1 aliphatic heterocycles. The molecule has 0 bridgehead atoms. The van der Waals surface area contributed by atoms with Crippen molar-refractivity contribution in [2.24, 2.45) is 0 Å². The first-order valence-electron chi connectivity index (χ1n) is 10.7. The second-order valence-electron chi connectivity index (χ2n) is 8.26. The van der Waals surface area contributed by atoms with E-state index in [0.29, 0.717) is 17.5 Å². The number of halogens is 2. The first-order chi connectivity index (χ1) is 16.2. The van der Waals surface area contributed by atoms with Crippen molar-refractivity contribution in [3.8, 4) is 5.75 Å². The van der Waals surface area contributed by atoms with Gasteiger partial charge in [0.05, 0.1) is 0 Å². The van der Waals surface area contributed by atoms with Gasteiger partial charge in [-0.1, -0.05) is 6.07 Å². The number of hydrogen-bond donors (Lipinski definition) is 2. The SMILES string of the molecule is CN(C)C(=O)Oc1cc2oc(=O)c(Cc3cc#cc(N)c3F)c(CN3CCNCC3)c2cc1F. The van der Waals surface area contributed by atoms with Gasteiger partial charge in [0.15, 0.2) is 17.4 Å². The molecule has 3 N–H and O–H groups in total. The van der Waals surface area contributed by atoms with E-state index < -0.39 is 23.4 Å². The first-order valence-corrected chi connectivity index (χ1v) is 10.7. The summed E-state index contributed by atoms with van der Waals surface area (Å²) in [6.07, 6.45) is -0.886. The van der Waals surface area contributed by atoms with Gasteiger partial charge in [0.1, 0.15) is 11.3 Å². The molecule has 0 spiro atoms. The van der Waals surface area contributed by atoms with Gasteiger partial charge in [-0.2, -0.15) is 0 Å². The maximum Gasteiger partial charge on any atom is 0.414 e. The van der Waals surface area contributed by atoms with Crippen molar-refractivity contribution in [1.29, 1.82) is 0 Å². The van der Waals surface area contributed by atoms with Crippen molar-refractivity contribution in [2.45, 2.75) is 13.0 Å². The third kappa shape index (κ3) is 4.81. The Bertz CT molecular complexity index is 1290. The number of nitrogens with one attached hydrogen (secondary N) is 1. The lowest BCUT2D eigenvalue weighted by Gasteiger charge is -2.28. The van der Waals surface area contributed by atoms with Gasteiger partial charge in [-0.05, 0) is 23.8 Å². The minimum absolute atomic E-state index is 0.0646. The fourth-order valence-electron chi connectivity index (χ4n) is 3.83. The maximum absolute atomic E-state index is 15.0. The van der Waals surface area contributed by atoms with Gasteiger partial charge in [0, 0.05) is 75.8 Å². The Labute approximate surface area is 194 Å². The van der Waals surface area contributed by atoms with Crippen LogP contribution in [0.3, 0.4) is 0 Å². The molecule has 2 aromatic carbocycles. The third-order valence-electron chi connectivity index (χ3n) is 5.67. The summed E-state index contributed by atoms with van der Waals surface area (Å²) < 4.78 is 40.1. The average molecular weight is 470 g/mol. The lowest BCUT2D eigenvalue weighted by atomic mass is 9.97. The van der Waals surface area contributed by atoms with Crippen LogP contribution in [0.15, 0.2) is 27.4 Å². The van der Waals surface area contributed by atoms with Crippen molar-refractivity contribution >= 4 is 22.7 Å². The van der Waals surface area contributed by atoms with Crippen LogP contribution in [0.5, 0.6) is 5.75 Å².